The molecule has 0 aromatic heterocycles. The van der Waals surface area contributed by atoms with Crippen molar-refractivity contribution in [3.05, 3.63) is 64.5 Å². The van der Waals surface area contributed by atoms with Gasteiger partial charge in [0.15, 0.2) is 0 Å². The highest BCUT2D eigenvalue weighted by atomic mass is 35.5. The van der Waals surface area contributed by atoms with Gasteiger partial charge in [0.05, 0.1) is 6.10 Å². The molecular weight excluding hydrogens is 405 g/mol. The highest BCUT2D eigenvalue weighted by molar-refractivity contribution is 5.85. The topological polar surface area (TPSA) is 52.9 Å². The van der Waals surface area contributed by atoms with Gasteiger partial charge in [-0.05, 0) is 93.1 Å². The fourth-order valence-electron chi connectivity index (χ4n) is 4.07. The summed E-state index contributed by atoms with van der Waals surface area (Å²) in [6.07, 6.45) is 0.567. The highest BCUT2D eigenvalue weighted by Gasteiger charge is 2.27. The summed E-state index contributed by atoms with van der Waals surface area (Å²) in [5.74, 6) is 0.702. The van der Waals surface area contributed by atoms with E-state index in [9.17, 15) is 14.6 Å². The number of halogens is 2. The Balaban J connectivity index is 0.00000320. The van der Waals surface area contributed by atoms with Gasteiger partial charge in [0.1, 0.15) is 24.3 Å². The first-order valence-electron chi connectivity index (χ1n) is 10.4. The van der Waals surface area contributed by atoms with E-state index in [-0.39, 0.29) is 30.7 Å². The zero-order valence-electron chi connectivity index (χ0n) is 18.0. The van der Waals surface area contributed by atoms with E-state index in [2.05, 4.69) is 17.9 Å². The zero-order chi connectivity index (χ0) is 21.0. The summed E-state index contributed by atoms with van der Waals surface area (Å²) in [5.41, 5.74) is 4.22. The van der Waals surface area contributed by atoms with Gasteiger partial charge in [-0.15, -0.1) is 12.4 Å². The number of hydrogen-bond donors (Lipinski definition) is 2. The fraction of sp³-hybridized carbons (Fsp3) is 0.500. The molecule has 0 aliphatic carbocycles. The van der Waals surface area contributed by atoms with E-state index in [0.29, 0.717) is 6.54 Å². The SMILES string of the molecule is Cc1cc(C)c(C)c(OCC(O)CN2CCC(C(O)c3ccc(F)cc3)CC2)c1.Cl. The van der Waals surface area contributed by atoms with Gasteiger partial charge in [-0.1, -0.05) is 18.2 Å². The van der Waals surface area contributed by atoms with Crippen molar-refractivity contribution in [1.29, 1.82) is 0 Å². The number of piperidine rings is 1. The molecule has 30 heavy (non-hydrogen) atoms. The molecule has 1 fully saturated rings. The molecule has 2 N–H and O–H groups in total. The summed E-state index contributed by atoms with van der Waals surface area (Å²) in [5, 5.41) is 21.0. The number of nitrogens with zero attached hydrogens (tertiary/aromatic N) is 1. The molecule has 4 nitrogen and oxygen atoms in total. The van der Waals surface area contributed by atoms with Crippen molar-refractivity contribution in [2.24, 2.45) is 5.92 Å². The van der Waals surface area contributed by atoms with Gasteiger partial charge in [-0.3, -0.25) is 0 Å². The maximum Gasteiger partial charge on any atom is 0.123 e. The van der Waals surface area contributed by atoms with Gasteiger partial charge in [-0.25, -0.2) is 4.39 Å². The quantitative estimate of drug-likeness (QED) is 0.675. The average Bonchev–Trinajstić information content (AvgIpc) is 2.70. The van der Waals surface area contributed by atoms with Crippen LogP contribution >= 0.6 is 12.4 Å². The molecule has 0 amide bonds. The lowest BCUT2D eigenvalue weighted by Gasteiger charge is -2.35. The van der Waals surface area contributed by atoms with Crippen molar-refractivity contribution in [2.75, 3.05) is 26.2 Å². The summed E-state index contributed by atoms with van der Waals surface area (Å²) in [4.78, 5) is 2.22. The number of ether oxygens (including phenoxy) is 1. The van der Waals surface area contributed by atoms with E-state index in [0.717, 1.165) is 48.4 Å². The normalized spacial score (nSPS) is 17.3. The second kappa shape index (κ2) is 11.1. The summed E-state index contributed by atoms with van der Waals surface area (Å²) in [6.45, 7) is 8.61. The molecule has 166 valence electrons. The molecule has 0 saturated carbocycles. The Kier molecular flexibility index (Phi) is 9.10. The first-order valence-corrected chi connectivity index (χ1v) is 10.4. The van der Waals surface area contributed by atoms with Crippen molar-refractivity contribution in [2.45, 2.75) is 45.8 Å². The van der Waals surface area contributed by atoms with Crippen LogP contribution in [-0.4, -0.2) is 47.5 Å². The maximum absolute atomic E-state index is 13.1. The Labute approximate surface area is 185 Å². The van der Waals surface area contributed by atoms with Crippen molar-refractivity contribution < 1.29 is 19.3 Å². The predicted octanol–water partition coefficient (Wildman–Crippen LogP) is 4.36. The first-order chi connectivity index (χ1) is 13.8. The molecule has 6 heteroatoms. The Morgan fingerprint density at radius 3 is 2.33 bits per heavy atom. The van der Waals surface area contributed by atoms with E-state index >= 15 is 0 Å². The third-order valence-corrected chi connectivity index (χ3v) is 5.95. The summed E-state index contributed by atoms with van der Waals surface area (Å²) >= 11 is 0. The minimum absolute atomic E-state index is 0. The van der Waals surface area contributed by atoms with Crippen LogP contribution in [0.1, 0.15) is 41.2 Å². The Hall–Kier alpha value is -1.66. The monoisotopic (exact) mass is 437 g/mol. The van der Waals surface area contributed by atoms with Crippen LogP contribution < -0.4 is 4.74 Å². The van der Waals surface area contributed by atoms with Crippen LogP contribution in [0, 0.1) is 32.5 Å². The number of benzene rings is 2. The van der Waals surface area contributed by atoms with Crippen molar-refractivity contribution in [1.82, 2.24) is 4.90 Å². The molecule has 3 rings (SSSR count). The molecule has 0 spiro atoms. The number of β-amino-alcohol motifs (C(OH)–C–C–N with tert-alkyl or cyclic N) is 1. The van der Waals surface area contributed by atoms with Crippen molar-refractivity contribution in [3.8, 4) is 5.75 Å². The third kappa shape index (κ3) is 6.42. The molecule has 1 saturated heterocycles. The number of hydrogen-bond acceptors (Lipinski definition) is 4. The lowest BCUT2D eigenvalue weighted by atomic mass is 9.87. The lowest BCUT2D eigenvalue weighted by Crippen LogP contribution is -2.41. The second-order valence-electron chi connectivity index (χ2n) is 8.30. The number of aliphatic hydroxyl groups excluding tert-OH is 2. The second-order valence-corrected chi connectivity index (χ2v) is 8.30. The lowest BCUT2D eigenvalue weighted by molar-refractivity contribution is 0.0277. The van der Waals surface area contributed by atoms with E-state index in [1.54, 1.807) is 12.1 Å². The summed E-state index contributed by atoms with van der Waals surface area (Å²) < 4.78 is 19.0. The standard InChI is InChI=1S/C24H32FNO3.ClH/c1-16-12-17(2)18(3)23(13-16)29-15-22(27)14-26-10-8-20(9-11-26)24(28)19-4-6-21(25)7-5-19;/h4-7,12-13,20,22,24,27-28H,8-11,14-15H2,1-3H3;1H. The minimum atomic E-state index is -0.571. The molecule has 1 heterocycles. The van der Waals surface area contributed by atoms with Gasteiger partial charge in [0, 0.05) is 6.54 Å². The largest absolute Gasteiger partial charge is 0.491 e. The van der Waals surface area contributed by atoms with Gasteiger partial charge in [0.25, 0.3) is 0 Å². The number of likely N-dealkylation sites (tertiary alicyclic amines) is 1. The van der Waals surface area contributed by atoms with Crippen LogP contribution in [-0.2, 0) is 0 Å². The fourth-order valence-corrected chi connectivity index (χ4v) is 4.07. The Morgan fingerprint density at radius 1 is 1.07 bits per heavy atom. The third-order valence-electron chi connectivity index (χ3n) is 5.95. The first kappa shape index (κ1) is 24.6. The molecule has 0 bridgehead atoms. The van der Waals surface area contributed by atoms with Crippen LogP contribution in [0.3, 0.4) is 0 Å². The molecular formula is C24H33ClFNO3. The Bertz CT molecular complexity index is 807. The summed E-state index contributed by atoms with van der Waals surface area (Å²) in [6, 6.07) is 10.2. The zero-order valence-corrected chi connectivity index (χ0v) is 18.8. The van der Waals surface area contributed by atoms with Gasteiger partial charge >= 0.3 is 0 Å². The van der Waals surface area contributed by atoms with Crippen LogP contribution in [0.25, 0.3) is 0 Å². The van der Waals surface area contributed by atoms with Gasteiger partial charge < -0.3 is 19.8 Å². The number of aryl methyl sites for hydroxylation is 2. The van der Waals surface area contributed by atoms with E-state index < -0.39 is 12.2 Å². The molecule has 2 aromatic carbocycles. The van der Waals surface area contributed by atoms with Crippen LogP contribution in [0.4, 0.5) is 4.39 Å². The molecule has 1 aliphatic heterocycles. The number of aliphatic hydroxyl groups is 2. The summed E-state index contributed by atoms with van der Waals surface area (Å²) in [7, 11) is 0. The molecule has 2 unspecified atom stereocenters. The minimum Gasteiger partial charge on any atom is -0.491 e. The Morgan fingerprint density at radius 2 is 1.70 bits per heavy atom. The van der Waals surface area contributed by atoms with Crippen LogP contribution in [0.2, 0.25) is 0 Å². The van der Waals surface area contributed by atoms with E-state index in [1.165, 1.54) is 17.7 Å². The highest BCUT2D eigenvalue weighted by Crippen LogP contribution is 2.31. The predicted molar refractivity (Wildman–Crippen MR) is 120 cm³/mol. The van der Waals surface area contributed by atoms with Crippen molar-refractivity contribution in [3.63, 3.8) is 0 Å². The number of rotatable bonds is 7. The maximum atomic E-state index is 13.1. The van der Waals surface area contributed by atoms with Crippen LogP contribution in [0.15, 0.2) is 36.4 Å². The molecule has 1 aliphatic rings. The smallest absolute Gasteiger partial charge is 0.123 e. The molecule has 2 atom stereocenters. The van der Waals surface area contributed by atoms with Crippen molar-refractivity contribution >= 4 is 12.4 Å². The molecule has 2 aromatic rings. The average molecular weight is 438 g/mol. The molecule has 0 radical (unpaired) electrons. The van der Waals surface area contributed by atoms with Gasteiger partial charge in [-0.2, -0.15) is 0 Å². The van der Waals surface area contributed by atoms with Crippen LogP contribution in [0.5, 0.6) is 5.75 Å². The van der Waals surface area contributed by atoms with E-state index in [4.69, 9.17) is 4.74 Å². The van der Waals surface area contributed by atoms with E-state index in [1.807, 2.05) is 19.9 Å². The van der Waals surface area contributed by atoms with Gasteiger partial charge in [0.2, 0.25) is 0 Å².